The Morgan fingerprint density at radius 3 is 2.17 bits per heavy atom. The van der Waals surface area contributed by atoms with Gasteiger partial charge in [-0.25, -0.2) is 4.79 Å². The van der Waals surface area contributed by atoms with Gasteiger partial charge in [0, 0.05) is 6.42 Å². The fourth-order valence-corrected chi connectivity index (χ4v) is 2.16. The molecule has 0 saturated heterocycles. The lowest BCUT2D eigenvalue weighted by molar-refractivity contribution is -0.0199. The van der Waals surface area contributed by atoms with E-state index in [0.29, 0.717) is 18.9 Å². The predicted octanol–water partition coefficient (Wildman–Crippen LogP) is 6.60. The highest BCUT2D eigenvalue weighted by Crippen LogP contribution is 2.17. The quantitative estimate of drug-likeness (QED) is 0.297. The molecular formula is C21H36O3. The van der Waals surface area contributed by atoms with Crippen molar-refractivity contribution in [3.63, 3.8) is 0 Å². The molecule has 0 rings (SSSR count). The third-order valence-electron chi connectivity index (χ3n) is 3.52. The van der Waals surface area contributed by atoms with E-state index in [-0.39, 0.29) is 0 Å². The Morgan fingerprint density at radius 2 is 1.58 bits per heavy atom. The second-order valence-electron chi connectivity index (χ2n) is 6.81. The number of ether oxygens (including phenoxy) is 2. The van der Waals surface area contributed by atoms with Crippen molar-refractivity contribution < 1.29 is 14.3 Å². The van der Waals surface area contributed by atoms with E-state index < -0.39 is 11.8 Å². The van der Waals surface area contributed by atoms with E-state index in [0.717, 1.165) is 32.1 Å². The van der Waals surface area contributed by atoms with Gasteiger partial charge in [-0.15, -0.1) is 0 Å². The van der Waals surface area contributed by atoms with E-state index in [9.17, 15) is 4.79 Å². The van der Waals surface area contributed by atoms with Crippen LogP contribution in [0.3, 0.4) is 0 Å². The number of hydrogen-bond acceptors (Lipinski definition) is 3. The summed E-state index contributed by atoms with van der Waals surface area (Å²) in [4.78, 5) is 11.7. The zero-order chi connectivity index (χ0) is 18.3. The molecule has 0 aliphatic heterocycles. The smallest absolute Gasteiger partial charge is 0.434 e. The summed E-state index contributed by atoms with van der Waals surface area (Å²) in [6.45, 7) is 10.6. The minimum Gasteiger partial charge on any atom is -0.434 e. The monoisotopic (exact) mass is 336 g/mol. The number of rotatable bonds is 12. The Morgan fingerprint density at radius 1 is 1.00 bits per heavy atom. The van der Waals surface area contributed by atoms with Crippen LogP contribution in [0.25, 0.3) is 0 Å². The Bertz CT molecular complexity index is 405. The molecule has 0 radical (unpaired) electrons. The maximum Gasteiger partial charge on any atom is 0.508 e. The SMILES string of the molecule is CC/C=C\C/C=C\C/C=C\CC(C)(C)OC(=O)OCC(C)CCC. The Balaban J connectivity index is 3.96. The summed E-state index contributed by atoms with van der Waals surface area (Å²) in [5.41, 5.74) is -0.546. The topological polar surface area (TPSA) is 35.5 Å². The van der Waals surface area contributed by atoms with Crippen molar-refractivity contribution in [3.05, 3.63) is 36.5 Å². The van der Waals surface area contributed by atoms with Gasteiger partial charge in [0.2, 0.25) is 0 Å². The minimum atomic E-state index is -0.570. The van der Waals surface area contributed by atoms with Gasteiger partial charge in [-0.05, 0) is 45.4 Å². The summed E-state index contributed by atoms with van der Waals surface area (Å²) >= 11 is 0. The first-order chi connectivity index (χ1) is 11.4. The van der Waals surface area contributed by atoms with Gasteiger partial charge in [0.1, 0.15) is 5.60 Å². The van der Waals surface area contributed by atoms with Crippen LogP contribution in [-0.4, -0.2) is 18.4 Å². The summed E-state index contributed by atoms with van der Waals surface area (Å²) in [5, 5.41) is 0. The zero-order valence-electron chi connectivity index (χ0n) is 16.2. The summed E-state index contributed by atoms with van der Waals surface area (Å²) < 4.78 is 10.6. The second-order valence-corrected chi connectivity index (χ2v) is 6.81. The van der Waals surface area contributed by atoms with Gasteiger partial charge >= 0.3 is 6.16 Å². The molecule has 3 heteroatoms. The van der Waals surface area contributed by atoms with Crippen molar-refractivity contribution in [2.75, 3.05) is 6.61 Å². The molecule has 1 unspecified atom stereocenters. The van der Waals surface area contributed by atoms with Gasteiger partial charge in [-0.1, -0.05) is 63.6 Å². The van der Waals surface area contributed by atoms with E-state index in [2.05, 4.69) is 57.2 Å². The van der Waals surface area contributed by atoms with Gasteiger partial charge in [0.05, 0.1) is 6.61 Å². The van der Waals surface area contributed by atoms with Crippen molar-refractivity contribution in [3.8, 4) is 0 Å². The van der Waals surface area contributed by atoms with Crippen LogP contribution >= 0.6 is 0 Å². The molecule has 1 atom stereocenters. The van der Waals surface area contributed by atoms with Gasteiger partial charge in [0.25, 0.3) is 0 Å². The molecule has 0 N–H and O–H groups in total. The van der Waals surface area contributed by atoms with Gasteiger partial charge in [-0.2, -0.15) is 0 Å². The van der Waals surface area contributed by atoms with E-state index >= 15 is 0 Å². The highest BCUT2D eigenvalue weighted by molar-refractivity contribution is 5.60. The highest BCUT2D eigenvalue weighted by Gasteiger charge is 2.22. The van der Waals surface area contributed by atoms with E-state index in [1.807, 2.05) is 13.8 Å². The van der Waals surface area contributed by atoms with Crippen molar-refractivity contribution >= 4 is 6.16 Å². The molecule has 0 aromatic rings. The van der Waals surface area contributed by atoms with Crippen LogP contribution in [0.4, 0.5) is 4.79 Å². The van der Waals surface area contributed by atoms with E-state index in [4.69, 9.17) is 9.47 Å². The molecule has 24 heavy (non-hydrogen) atoms. The van der Waals surface area contributed by atoms with Crippen LogP contribution in [0.2, 0.25) is 0 Å². The number of hydrogen-bond donors (Lipinski definition) is 0. The van der Waals surface area contributed by atoms with Crippen LogP contribution in [0.1, 0.15) is 73.1 Å². The summed E-state index contributed by atoms with van der Waals surface area (Å²) in [5.74, 6) is 0.379. The molecule has 0 aromatic carbocycles. The molecule has 0 saturated carbocycles. The van der Waals surface area contributed by atoms with E-state index in [1.165, 1.54) is 0 Å². The standard InChI is InChI=1S/C21H36O3/c1-6-8-9-10-11-12-13-14-15-17-21(4,5)24-20(22)23-18-19(3)16-7-2/h8-9,11-12,14-15,19H,6-7,10,13,16-18H2,1-5H3/b9-8-,12-11-,15-14-. The molecular weight excluding hydrogens is 300 g/mol. The van der Waals surface area contributed by atoms with Gasteiger partial charge in [-0.3, -0.25) is 0 Å². The molecule has 0 heterocycles. The average Bonchev–Trinajstić information content (AvgIpc) is 2.51. The molecule has 0 amide bonds. The van der Waals surface area contributed by atoms with Crippen molar-refractivity contribution in [2.24, 2.45) is 5.92 Å². The Kier molecular flexibility index (Phi) is 13.0. The molecule has 0 bridgehead atoms. The predicted molar refractivity (Wildman–Crippen MR) is 102 cm³/mol. The maximum atomic E-state index is 11.7. The maximum absolute atomic E-state index is 11.7. The number of allylic oxidation sites excluding steroid dienone is 5. The fourth-order valence-electron chi connectivity index (χ4n) is 2.16. The average molecular weight is 337 g/mol. The van der Waals surface area contributed by atoms with E-state index in [1.54, 1.807) is 0 Å². The molecule has 0 fully saturated rings. The molecule has 0 aliphatic rings. The van der Waals surface area contributed by atoms with Crippen LogP contribution in [-0.2, 0) is 9.47 Å². The third kappa shape index (κ3) is 14.1. The van der Waals surface area contributed by atoms with Crippen molar-refractivity contribution in [1.29, 1.82) is 0 Å². The normalized spacial score (nSPS) is 13.9. The van der Waals surface area contributed by atoms with Gasteiger partial charge in [0.15, 0.2) is 0 Å². The Labute approximate surface area is 148 Å². The Hall–Kier alpha value is -1.51. The molecule has 138 valence electrons. The van der Waals surface area contributed by atoms with Crippen LogP contribution in [0.15, 0.2) is 36.5 Å². The minimum absolute atomic E-state index is 0.379. The summed E-state index contributed by atoms with van der Waals surface area (Å²) in [6.07, 6.45) is 18.0. The molecule has 0 aliphatic carbocycles. The zero-order valence-corrected chi connectivity index (χ0v) is 16.2. The first-order valence-electron chi connectivity index (χ1n) is 9.22. The van der Waals surface area contributed by atoms with Crippen LogP contribution < -0.4 is 0 Å². The lowest BCUT2D eigenvalue weighted by atomic mass is 10.0. The third-order valence-corrected chi connectivity index (χ3v) is 3.52. The second kappa shape index (κ2) is 13.9. The summed E-state index contributed by atoms with van der Waals surface area (Å²) in [7, 11) is 0. The lowest BCUT2D eigenvalue weighted by Gasteiger charge is -2.23. The molecule has 3 nitrogen and oxygen atoms in total. The lowest BCUT2D eigenvalue weighted by Crippen LogP contribution is -2.28. The fraction of sp³-hybridized carbons (Fsp3) is 0.667. The number of carbonyl (C=O) groups is 1. The summed E-state index contributed by atoms with van der Waals surface area (Å²) in [6, 6.07) is 0. The van der Waals surface area contributed by atoms with Crippen molar-refractivity contribution in [1.82, 2.24) is 0 Å². The van der Waals surface area contributed by atoms with Crippen LogP contribution in [0, 0.1) is 5.92 Å². The molecule has 0 spiro atoms. The van der Waals surface area contributed by atoms with Crippen molar-refractivity contribution in [2.45, 2.75) is 78.7 Å². The largest absolute Gasteiger partial charge is 0.508 e. The highest BCUT2D eigenvalue weighted by atomic mass is 16.7. The first kappa shape index (κ1) is 22.5. The number of carbonyl (C=O) groups excluding carboxylic acids is 1. The molecule has 0 aromatic heterocycles. The van der Waals surface area contributed by atoms with Crippen LogP contribution in [0.5, 0.6) is 0 Å². The van der Waals surface area contributed by atoms with Gasteiger partial charge < -0.3 is 9.47 Å². The first-order valence-corrected chi connectivity index (χ1v) is 9.22.